The van der Waals surface area contributed by atoms with Gasteiger partial charge in [-0.2, -0.15) is 0 Å². The van der Waals surface area contributed by atoms with Crippen LogP contribution >= 0.6 is 15.9 Å². The number of nitrogens with one attached hydrogen (secondary N) is 2. The third-order valence-electron chi connectivity index (χ3n) is 3.24. The number of hydrogen-bond acceptors (Lipinski definition) is 5. The molecule has 1 atom stereocenters. The molecule has 8 heteroatoms. The number of amides is 1. The summed E-state index contributed by atoms with van der Waals surface area (Å²) < 4.78 is 23.9. The molecule has 0 bridgehead atoms. The van der Waals surface area contributed by atoms with Crippen molar-refractivity contribution in [2.24, 2.45) is 0 Å². The monoisotopic (exact) mass is 375 g/mol. The van der Waals surface area contributed by atoms with E-state index in [1.165, 1.54) is 0 Å². The summed E-state index contributed by atoms with van der Waals surface area (Å²) in [5, 5.41) is 5.82. The van der Waals surface area contributed by atoms with Crippen LogP contribution < -0.4 is 10.6 Å². The van der Waals surface area contributed by atoms with E-state index in [9.17, 15) is 13.2 Å². The van der Waals surface area contributed by atoms with E-state index >= 15 is 0 Å². The number of rotatable bonds is 4. The highest BCUT2D eigenvalue weighted by atomic mass is 79.9. The van der Waals surface area contributed by atoms with Crippen LogP contribution in [0.4, 0.5) is 5.82 Å². The number of sulfone groups is 1. The minimum absolute atomic E-state index is 0.0106. The lowest BCUT2D eigenvalue weighted by Crippen LogP contribution is -2.43. The first-order chi connectivity index (χ1) is 9.91. The second-order valence-electron chi connectivity index (χ2n) is 5.01. The van der Waals surface area contributed by atoms with Gasteiger partial charge in [-0.1, -0.05) is 0 Å². The van der Waals surface area contributed by atoms with Gasteiger partial charge in [-0.25, -0.2) is 13.4 Å². The maximum Gasteiger partial charge on any atom is 0.255 e. The molecule has 0 spiro atoms. The van der Waals surface area contributed by atoms with Crippen molar-refractivity contribution in [3.8, 4) is 0 Å². The number of pyridine rings is 1. The SMILES string of the molecule is CCNc1ncc(Br)cc1C(=O)NC1CCCS(=O)(=O)C1. The van der Waals surface area contributed by atoms with Gasteiger partial charge in [0.25, 0.3) is 5.91 Å². The van der Waals surface area contributed by atoms with Gasteiger partial charge < -0.3 is 10.6 Å². The van der Waals surface area contributed by atoms with Gasteiger partial charge in [-0.15, -0.1) is 0 Å². The van der Waals surface area contributed by atoms with Gasteiger partial charge in [0, 0.05) is 23.3 Å². The van der Waals surface area contributed by atoms with Gasteiger partial charge in [-0.05, 0) is 41.8 Å². The van der Waals surface area contributed by atoms with Gasteiger partial charge >= 0.3 is 0 Å². The van der Waals surface area contributed by atoms with E-state index in [0.29, 0.717) is 35.2 Å². The minimum Gasteiger partial charge on any atom is -0.370 e. The maximum atomic E-state index is 12.4. The fourth-order valence-corrected chi connectivity index (χ4v) is 4.29. The first kappa shape index (κ1) is 16.2. The van der Waals surface area contributed by atoms with Crippen molar-refractivity contribution in [1.29, 1.82) is 0 Å². The summed E-state index contributed by atoms with van der Waals surface area (Å²) in [7, 11) is -3.04. The van der Waals surface area contributed by atoms with Crippen molar-refractivity contribution < 1.29 is 13.2 Å². The zero-order valence-corrected chi connectivity index (χ0v) is 14.1. The van der Waals surface area contributed by atoms with Crippen molar-refractivity contribution in [3.05, 3.63) is 22.3 Å². The van der Waals surface area contributed by atoms with E-state index in [4.69, 9.17) is 0 Å². The summed E-state index contributed by atoms with van der Waals surface area (Å²) in [6.07, 6.45) is 2.88. The van der Waals surface area contributed by atoms with Crippen LogP contribution in [0.5, 0.6) is 0 Å². The maximum absolute atomic E-state index is 12.4. The molecule has 21 heavy (non-hydrogen) atoms. The first-order valence-corrected chi connectivity index (χ1v) is 9.43. The molecule has 6 nitrogen and oxygen atoms in total. The highest BCUT2D eigenvalue weighted by Crippen LogP contribution is 2.19. The van der Waals surface area contributed by atoms with Crippen LogP contribution in [-0.4, -0.2) is 43.4 Å². The smallest absolute Gasteiger partial charge is 0.255 e. The summed E-state index contributed by atoms with van der Waals surface area (Å²) in [5.74, 6) is 0.413. The molecule has 2 rings (SSSR count). The van der Waals surface area contributed by atoms with Crippen molar-refractivity contribution in [3.63, 3.8) is 0 Å². The fraction of sp³-hybridized carbons (Fsp3) is 0.538. The third-order valence-corrected chi connectivity index (χ3v) is 5.50. The number of anilines is 1. The van der Waals surface area contributed by atoms with Crippen LogP contribution in [0.3, 0.4) is 0 Å². The summed E-state index contributed by atoms with van der Waals surface area (Å²) in [5.41, 5.74) is 0.411. The average Bonchev–Trinajstić information content (AvgIpc) is 2.40. The Hall–Kier alpha value is -1.15. The Morgan fingerprint density at radius 3 is 2.95 bits per heavy atom. The molecule has 0 aromatic carbocycles. The highest BCUT2D eigenvalue weighted by Gasteiger charge is 2.27. The van der Waals surface area contributed by atoms with Gasteiger partial charge in [0.2, 0.25) is 0 Å². The largest absolute Gasteiger partial charge is 0.370 e. The van der Waals surface area contributed by atoms with Gasteiger partial charge in [-0.3, -0.25) is 4.79 Å². The highest BCUT2D eigenvalue weighted by molar-refractivity contribution is 9.10. The Morgan fingerprint density at radius 2 is 2.29 bits per heavy atom. The van der Waals surface area contributed by atoms with Crippen LogP contribution in [0.25, 0.3) is 0 Å². The molecule has 1 aliphatic heterocycles. The Morgan fingerprint density at radius 1 is 1.52 bits per heavy atom. The lowest BCUT2D eigenvalue weighted by atomic mass is 10.1. The second kappa shape index (κ2) is 6.74. The van der Waals surface area contributed by atoms with E-state index in [-0.39, 0.29) is 23.5 Å². The molecule has 1 aromatic rings. The number of aromatic nitrogens is 1. The Bertz CT molecular complexity index is 634. The Kier molecular flexibility index (Phi) is 5.21. The molecule has 0 radical (unpaired) electrons. The van der Waals surface area contributed by atoms with Crippen molar-refractivity contribution in [2.45, 2.75) is 25.8 Å². The summed E-state index contributed by atoms with van der Waals surface area (Å²) in [4.78, 5) is 16.5. The molecule has 1 aliphatic rings. The zero-order valence-electron chi connectivity index (χ0n) is 11.7. The second-order valence-corrected chi connectivity index (χ2v) is 8.15. The lowest BCUT2D eigenvalue weighted by Gasteiger charge is -2.23. The molecule has 1 fully saturated rings. The average molecular weight is 376 g/mol. The molecule has 1 aromatic heterocycles. The van der Waals surface area contributed by atoms with E-state index < -0.39 is 9.84 Å². The van der Waals surface area contributed by atoms with E-state index in [1.807, 2.05) is 6.92 Å². The predicted octanol–water partition coefficient (Wildman–Crippen LogP) is 1.58. The number of carbonyl (C=O) groups excluding carboxylic acids is 1. The summed E-state index contributed by atoms with van der Waals surface area (Å²) >= 11 is 3.29. The quantitative estimate of drug-likeness (QED) is 0.833. The lowest BCUT2D eigenvalue weighted by molar-refractivity contribution is 0.0938. The normalized spacial score (nSPS) is 20.8. The van der Waals surface area contributed by atoms with Crippen LogP contribution in [0.15, 0.2) is 16.7 Å². The van der Waals surface area contributed by atoms with E-state index in [2.05, 4.69) is 31.5 Å². The molecule has 1 saturated heterocycles. The van der Waals surface area contributed by atoms with Crippen LogP contribution in [0, 0.1) is 0 Å². The van der Waals surface area contributed by atoms with E-state index in [1.54, 1.807) is 12.3 Å². The topological polar surface area (TPSA) is 88.2 Å². The predicted molar refractivity (Wildman–Crippen MR) is 85.2 cm³/mol. The molecule has 1 amide bonds. The van der Waals surface area contributed by atoms with Gasteiger partial charge in [0.05, 0.1) is 17.1 Å². The van der Waals surface area contributed by atoms with Gasteiger partial charge in [0.15, 0.2) is 9.84 Å². The van der Waals surface area contributed by atoms with Crippen LogP contribution in [-0.2, 0) is 9.84 Å². The van der Waals surface area contributed by atoms with Crippen LogP contribution in [0.2, 0.25) is 0 Å². The van der Waals surface area contributed by atoms with Crippen molar-refractivity contribution in [1.82, 2.24) is 10.3 Å². The number of nitrogens with zero attached hydrogens (tertiary/aromatic N) is 1. The molecule has 2 N–H and O–H groups in total. The fourth-order valence-electron chi connectivity index (χ4n) is 2.32. The molecular weight excluding hydrogens is 358 g/mol. The number of carbonyl (C=O) groups is 1. The minimum atomic E-state index is -3.04. The van der Waals surface area contributed by atoms with Gasteiger partial charge in [0.1, 0.15) is 5.82 Å². The van der Waals surface area contributed by atoms with Crippen molar-refractivity contribution in [2.75, 3.05) is 23.4 Å². The van der Waals surface area contributed by atoms with E-state index in [0.717, 1.165) is 0 Å². The Labute approximate surface area is 132 Å². The Balaban J connectivity index is 2.14. The molecule has 0 aliphatic carbocycles. The number of halogens is 1. The van der Waals surface area contributed by atoms with Crippen LogP contribution in [0.1, 0.15) is 30.1 Å². The van der Waals surface area contributed by atoms with Crippen molar-refractivity contribution >= 4 is 37.5 Å². The molecular formula is C13H18BrN3O3S. The molecule has 0 saturated carbocycles. The summed E-state index contributed by atoms with van der Waals surface area (Å²) in [6, 6.07) is 1.35. The number of hydrogen-bond donors (Lipinski definition) is 2. The molecule has 116 valence electrons. The molecule has 2 heterocycles. The summed E-state index contributed by atoms with van der Waals surface area (Å²) in [6.45, 7) is 2.56. The zero-order chi connectivity index (χ0) is 15.5. The first-order valence-electron chi connectivity index (χ1n) is 6.82. The standard InChI is InChI=1S/C13H18BrN3O3S/c1-2-15-12-11(6-9(14)7-16-12)13(18)17-10-4-3-5-21(19,20)8-10/h6-7,10H,2-5,8H2,1H3,(H,15,16)(H,17,18). The molecule has 1 unspecified atom stereocenters. The third kappa shape index (κ3) is 4.41.